The third-order valence-electron chi connectivity index (χ3n) is 9.69. The molecule has 0 aliphatic heterocycles. The molecule has 0 radical (unpaired) electrons. The zero-order chi connectivity index (χ0) is 45.9. The maximum absolute atomic E-state index is 12.3. The zero-order valence-corrected chi connectivity index (χ0v) is 35.1. The standard InChI is InChI=1S/C40H27N7O13S4/c41-22-8-10-25-21(16-22)17-38(64(58,59)60)39(40(25)48)47-46-35-15-14-34(28-11-9-24(20-30(28)35)61(49,50)51)45-44-33-13-12-32(26-4-1-2-5-27(26)33)43-42-23-18-31-29(37(19-23)63(55,56)57)6-3-7-36(31)62(52,53)54/h1-20,48H,41H2,(H,49,50,51)(H,52,53,54)(H,55,56,57)(H,58,59,60)/p-4. The average molecular weight is 938 g/mol. The van der Waals surface area contributed by atoms with Crippen LogP contribution in [0.25, 0.3) is 43.1 Å². The van der Waals surface area contributed by atoms with Crippen molar-refractivity contribution in [1.82, 2.24) is 0 Å². The predicted molar refractivity (Wildman–Crippen MR) is 226 cm³/mol. The van der Waals surface area contributed by atoms with Gasteiger partial charge in [-0.2, -0.15) is 5.11 Å². The molecule has 0 saturated heterocycles. The van der Waals surface area contributed by atoms with Crippen molar-refractivity contribution in [3.63, 3.8) is 0 Å². The Bertz CT molecular complexity index is 3880. The Kier molecular flexibility index (Phi) is 10.8. The first-order valence-electron chi connectivity index (χ1n) is 17.9. The van der Waals surface area contributed by atoms with Gasteiger partial charge in [-0.15, -0.1) is 25.6 Å². The molecule has 8 aromatic rings. The van der Waals surface area contributed by atoms with Gasteiger partial charge in [0.05, 0.1) is 48.0 Å². The van der Waals surface area contributed by atoms with E-state index in [4.69, 9.17) is 5.73 Å². The Balaban J connectivity index is 1.20. The van der Waals surface area contributed by atoms with Gasteiger partial charge in [0.2, 0.25) is 0 Å². The highest BCUT2D eigenvalue weighted by molar-refractivity contribution is 7.86. The van der Waals surface area contributed by atoms with Crippen molar-refractivity contribution < 1.29 is 57.0 Å². The number of nitrogens with two attached hydrogens (primary N) is 1. The van der Waals surface area contributed by atoms with Crippen molar-refractivity contribution in [3.05, 3.63) is 121 Å². The molecule has 64 heavy (non-hydrogen) atoms. The van der Waals surface area contributed by atoms with E-state index in [1.165, 1.54) is 54.6 Å². The fraction of sp³-hybridized carbons (Fsp3) is 0. The molecule has 8 aromatic carbocycles. The molecular formula is C40H23N7O13S4-4. The molecule has 3 N–H and O–H groups in total. The van der Waals surface area contributed by atoms with Gasteiger partial charge in [-0.1, -0.05) is 42.5 Å². The first-order chi connectivity index (χ1) is 30.1. The first-order valence-corrected chi connectivity index (χ1v) is 23.5. The normalized spacial score (nSPS) is 13.1. The minimum absolute atomic E-state index is 0.0288. The molecule has 0 spiro atoms. The number of nitrogen functional groups attached to an aromatic ring is 1. The lowest BCUT2D eigenvalue weighted by Crippen LogP contribution is -2.03. The largest absolute Gasteiger partial charge is 0.744 e. The number of anilines is 1. The molecule has 0 saturated carbocycles. The third kappa shape index (κ3) is 8.49. The van der Waals surface area contributed by atoms with E-state index in [9.17, 15) is 57.0 Å². The predicted octanol–water partition coefficient (Wildman–Crippen LogP) is 8.45. The maximum Gasteiger partial charge on any atom is 0.152 e. The molecule has 0 fully saturated rings. The lowest BCUT2D eigenvalue weighted by Gasteiger charge is -2.15. The van der Waals surface area contributed by atoms with Gasteiger partial charge in [-0.05, 0) is 84.2 Å². The van der Waals surface area contributed by atoms with Crippen molar-refractivity contribution in [2.24, 2.45) is 30.7 Å². The first kappa shape index (κ1) is 43.5. The van der Waals surface area contributed by atoms with E-state index in [1.54, 1.807) is 24.3 Å². The summed E-state index contributed by atoms with van der Waals surface area (Å²) in [6.07, 6.45) is 0. The quantitative estimate of drug-likeness (QED) is 0.0738. The van der Waals surface area contributed by atoms with E-state index in [2.05, 4.69) is 30.7 Å². The lowest BCUT2D eigenvalue weighted by atomic mass is 10.1. The fourth-order valence-electron chi connectivity index (χ4n) is 6.84. The summed E-state index contributed by atoms with van der Waals surface area (Å²) < 4.78 is 145. The number of hydrogen-bond donors (Lipinski definition) is 2. The highest BCUT2D eigenvalue weighted by atomic mass is 32.2. The van der Waals surface area contributed by atoms with Crippen molar-refractivity contribution in [2.45, 2.75) is 19.6 Å². The molecule has 24 heteroatoms. The van der Waals surface area contributed by atoms with Crippen LogP contribution in [-0.2, 0) is 40.5 Å². The van der Waals surface area contributed by atoms with Crippen LogP contribution in [0.1, 0.15) is 0 Å². The third-order valence-corrected chi connectivity index (χ3v) is 13.1. The second kappa shape index (κ2) is 15.9. The molecule has 0 amide bonds. The van der Waals surface area contributed by atoms with Crippen LogP contribution in [0, 0.1) is 0 Å². The van der Waals surface area contributed by atoms with Crippen molar-refractivity contribution in [2.75, 3.05) is 5.73 Å². The average Bonchev–Trinajstić information content (AvgIpc) is 3.22. The minimum Gasteiger partial charge on any atom is -0.744 e. The molecule has 0 unspecified atom stereocenters. The molecule has 0 bridgehead atoms. The van der Waals surface area contributed by atoms with Crippen molar-refractivity contribution >= 4 is 123 Å². The van der Waals surface area contributed by atoms with Crippen LogP contribution >= 0.6 is 0 Å². The smallest absolute Gasteiger partial charge is 0.152 e. The van der Waals surface area contributed by atoms with Gasteiger partial charge in [0.25, 0.3) is 0 Å². The minimum atomic E-state index is -5.25. The summed E-state index contributed by atoms with van der Waals surface area (Å²) in [5.41, 5.74) is 5.48. The molecule has 0 aliphatic carbocycles. The maximum atomic E-state index is 12.3. The van der Waals surface area contributed by atoms with Gasteiger partial charge in [0.15, 0.2) is 5.75 Å². The molecule has 324 valence electrons. The number of fused-ring (bicyclic) bond motifs is 4. The lowest BCUT2D eigenvalue weighted by molar-refractivity contribution is 0.458. The van der Waals surface area contributed by atoms with Gasteiger partial charge in [0.1, 0.15) is 46.2 Å². The highest BCUT2D eigenvalue weighted by Gasteiger charge is 2.19. The number of phenols is 1. The summed E-state index contributed by atoms with van der Waals surface area (Å²) in [6.45, 7) is 0. The summed E-state index contributed by atoms with van der Waals surface area (Å²) in [5, 5.41) is 36.6. The zero-order valence-electron chi connectivity index (χ0n) is 31.8. The summed E-state index contributed by atoms with van der Waals surface area (Å²) in [4.78, 5) is -3.18. The second-order valence-electron chi connectivity index (χ2n) is 13.7. The van der Waals surface area contributed by atoms with E-state index in [0.717, 1.165) is 42.5 Å². The molecule has 0 heterocycles. The van der Waals surface area contributed by atoms with E-state index < -0.39 is 71.5 Å². The summed E-state index contributed by atoms with van der Waals surface area (Å²) in [6, 6.07) is 25.9. The Morgan fingerprint density at radius 2 is 0.922 bits per heavy atom. The van der Waals surface area contributed by atoms with Gasteiger partial charge >= 0.3 is 0 Å². The fourth-order valence-corrected chi connectivity index (χ4v) is 9.38. The molecule has 8 rings (SSSR count). The van der Waals surface area contributed by atoms with Crippen molar-refractivity contribution in [1.29, 1.82) is 0 Å². The summed E-state index contributed by atoms with van der Waals surface area (Å²) >= 11 is 0. The van der Waals surface area contributed by atoms with Crippen molar-refractivity contribution in [3.8, 4) is 5.75 Å². The molecule has 20 nitrogen and oxygen atoms in total. The Labute approximate surface area is 361 Å². The van der Waals surface area contributed by atoms with Crippen LogP contribution in [0.5, 0.6) is 5.75 Å². The van der Waals surface area contributed by atoms with Gasteiger partial charge in [-0.25, -0.2) is 33.7 Å². The van der Waals surface area contributed by atoms with Crippen LogP contribution in [0.4, 0.5) is 39.8 Å². The molecule has 0 aromatic heterocycles. The van der Waals surface area contributed by atoms with Gasteiger partial charge in [-0.3, -0.25) is 0 Å². The van der Waals surface area contributed by atoms with E-state index in [1.807, 2.05) is 0 Å². The van der Waals surface area contributed by atoms with E-state index in [-0.39, 0.29) is 66.4 Å². The topological polar surface area (TPSA) is 349 Å². The number of nitrogens with zero attached hydrogens (tertiary/aromatic N) is 6. The van der Waals surface area contributed by atoms with Crippen LogP contribution < -0.4 is 5.73 Å². The number of benzene rings is 8. The highest BCUT2D eigenvalue weighted by Crippen LogP contribution is 2.44. The van der Waals surface area contributed by atoms with Crippen LogP contribution in [0.2, 0.25) is 0 Å². The SMILES string of the molecule is Nc1ccc2c(O)c(N=Nc3ccc(N=Nc4ccc(N=Nc5cc(S(=O)(=O)[O-])c6cccc(S(=O)(=O)[O-])c6c5)c5ccccc45)c4ccc(S(=O)(=O)[O-])cc34)c(S(=O)(=O)[O-])cc2c1. The molecular weight excluding hydrogens is 915 g/mol. The van der Waals surface area contributed by atoms with Gasteiger partial charge in [0, 0.05) is 43.4 Å². The Hall–Kier alpha value is -7.16. The Morgan fingerprint density at radius 1 is 0.406 bits per heavy atom. The molecule has 0 atom stereocenters. The number of azo groups is 3. The number of aromatic hydroxyl groups is 1. The van der Waals surface area contributed by atoms with Crippen LogP contribution in [-0.4, -0.2) is 57.0 Å². The number of phenolic OH excluding ortho intramolecular Hbond substituents is 1. The summed E-state index contributed by atoms with van der Waals surface area (Å²) in [7, 11) is -20.6. The number of rotatable bonds is 10. The monoisotopic (exact) mass is 937 g/mol. The van der Waals surface area contributed by atoms with Crippen LogP contribution in [0.15, 0.2) is 172 Å². The van der Waals surface area contributed by atoms with E-state index >= 15 is 0 Å². The summed E-state index contributed by atoms with van der Waals surface area (Å²) in [5.74, 6) is -0.711. The van der Waals surface area contributed by atoms with E-state index in [0.29, 0.717) is 10.8 Å². The van der Waals surface area contributed by atoms with Gasteiger partial charge < -0.3 is 29.1 Å². The number of hydrogen-bond acceptors (Lipinski definition) is 20. The second-order valence-corrected chi connectivity index (χ2v) is 19.1. The Morgan fingerprint density at radius 3 is 1.50 bits per heavy atom. The molecule has 0 aliphatic rings. The van der Waals surface area contributed by atoms with Crippen LogP contribution in [0.3, 0.4) is 0 Å².